The molecule has 1 heterocycles. The molecule has 2 aromatic rings. The zero-order chi connectivity index (χ0) is 9.42. The van der Waals surface area contributed by atoms with Crippen LogP contribution in [0.25, 0.3) is 10.9 Å². The minimum atomic E-state index is 0.272. The number of aryl methyl sites for hydroxylation is 1. The van der Waals surface area contributed by atoms with E-state index < -0.39 is 0 Å². The van der Waals surface area contributed by atoms with Crippen molar-refractivity contribution in [2.45, 2.75) is 6.92 Å². The molecule has 0 N–H and O–H groups in total. The lowest BCUT2D eigenvalue weighted by Crippen LogP contribution is -1.88. The van der Waals surface area contributed by atoms with Crippen LogP contribution in [0.2, 0.25) is 5.28 Å². The van der Waals surface area contributed by atoms with Gasteiger partial charge in [0.15, 0.2) is 0 Å². The molecule has 0 radical (unpaired) electrons. The molecular formula is C9H6BrClN2. The number of nitrogens with zero attached hydrogens (tertiary/aromatic N) is 2. The van der Waals surface area contributed by atoms with Crippen LogP contribution in [0, 0.1) is 6.92 Å². The third-order valence-electron chi connectivity index (χ3n) is 1.85. The maximum atomic E-state index is 5.74. The summed E-state index contributed by atoms with van der Waals surface area (Å²) in [6.07, 6.45) is 0. The number of hydrogen-bond donors (Lipinski definition) is 0. The Morgan fingerprint density at radius 3 is 2.85 bits per heavy atom. The van der Waals surface area contributed by atoms with Crippen LogP contribution in [0.15, 0.2) is 22.8 Å². The molecule has 4 heteroatoms. The molecule has 0 aliphatic heterocycles. The summed E-state index contributed by atoms with van der Waals surface area (Å²) in [5, 5.41) is 1.26. The van der Waals surface area contributed by atoms with Gasteiger partial charge in [0.05, 0.1) is 5.52 Å². The summed E-state index contributed by atoms with van der Waals surface area (Å²) in [5.74, 6) is 0. The van der Waals surface area contributed by atoms with E-state index in [-0.39, 0.29) is 5.28 Å². The lowest BCUT2D eigenvalue weighted by atomic mass is 10.1. The molecule has 2 rings (SSSR count). The third-order valence-corrected chi connectivity index (χ3v) is 2.63. The fraction of sp³-hybridized carbons (Fsp3) is 0.111. The minimum absolute atomic E-state index is 0.272. The van der Waals surface area contributed by atoms with Gasteiger partial charge >= 0.3 is 0 Å². The van der Waals surface area contributed by atoms with Crippen molar-refractivity contribution >= 4 is 38.4 Å². The number of halogens is 2. The molecule has 0 amide bonds. The van der Waals surface area contributed by atoms with Gasteiger partial charge in [-0.15, -0.1) is 0 Å². The predicted molar refractivity (Wildman–Crippen MR) is 57.0 cm³/mol. The SMILES string of the molecule is Cc1cccc2c(Br)nc(Cl)nc12. The van der Waals surface area contributed by atoms with Crippen molar-refractivity contribution in [3.8, 4) is 0 Å². The molecule has 0 aliphatic carbocycles. The van der Waals surface area contributed by atoms with E-state index in [1.807, 2.05) is 25.1 Å². The Kier molecular flexibility index (Phi) is 2.22. The van der Waals surface area contributed by atoms with E-state index in [0.717, 1.165) is 21.1 Å². The number of benzene rings is 1. The van der Waals surface area contributed by atoms with Gasteiger partial charge in [0.2, 0.25) is 5.28 Å². The summed E-state index contributed by atoms with van der Waals surface area (Å²) >= 11 is 9.09. The summed E-state index contributed by atoms with van der Waals surface area (Å²) < 4.78 is 0.742. The summed E-state index contributed by atoms with van der Waals surface area (Å²) in [7, 11) is 0. The van der Waals surface area contributed by atoms with E-state index in [9.17, 15) is 0 Å². The highest BCUT2D eigenvalue weighted by atomic mass is 79.9. The van der Waals surface area contributed by atoms with Gasteiger partial charge in [-0.2, -0.15) is 0 Å². The van der Waals surface area contributed by atoms with E-state index in [0.29, 0.717) is 0 Å². The second-order valence-electron chi connectivity index (χ2n) is 2.75. The van der Waals surface area contributed by atoms with Crippen LogP contribution in [0.5, 0.6) is 0 Å². The lowest BCUT2D eigenvalue weighted by Gasteiger charge is -2.02. The van der Waals surface area contributed by atoms with Crippen molar-refractivity contribution < 1.29 is 0 Å². The molecule has 2 nitrogen and oxygen atoms in total. The molecule has 1 aromatic heterocycles. The van der Waals surface area contributed by atoms with Crippen LogP contribution < -0.4 is 0 Å². The maximum Gasteiger partial charge on any atom is 0.224 e. The zero-order valence-electron chi connectivity index (χ0n) is 6.88. The highest BCUT2D eigenvalue weighted by molar-refractivity contribution is 9.10. The van der Waals surface area contributed by atoms with Crippen LogP contribution in [-0.2, 0) is 0 Å². The predicted octanol–water partition coefficient (Wildman–Crippen LogP) is 3.35. The van der Waals surface area contributed by atoms with Crippen molar-refractivity contribution in [3.63, 3.8) is 0 Å². The fourth-order valence-corrected chi connectivity index (χ4v) is 1.99. The first kappa shape index (κ1) is 8.91. The highest BCUT2D eigenvalue weighted by Crippen LogP contribution is 2.24. The number of fused-ring (bicyclic) bond motifs is 1. The smallest absolute Gasteiger partial charge is 0.218 e. The molecule has 0 saturated heterocycles. The molecule has 0 saturated carbocycles. The van der Waals surface area contributed by atoms with Gasteiger partial charge in [-0.3, -0.25) is 0 Å². The number of aromatic nitrogens is 2. The Bertz CT molecular complexity index is 470. The summed E-state index contributed by atoms with van der Waals surface area (Å²) in [5.41, 5.74) is 2.00. The fourth-order valence-electron chi connectivity index (χ4n) is 1.23. The molecule has 1 aromatic carbocycles. The van der Waals surface area contributed by atoms with Gasteiger partial charge in [0.25, 0.3) is 0 Å². The first-order valence-electron chi connectivity index (χ1n) is 3.77. The molecule has 0 aliphatic rings. The molecule has 13 heavy (non-hydrogen) atoms. The average molecular weight is 258 g/mol. The quantitative estimate of drug-likeness (QED) is 0.534. The highest BCUT2D eigenvalue weighted by Gasteiger charge is 2.04. The zero-order valence-corrected chi connectivity index (χ0v) is 9.22. The Labute approximate surface area is 89.1 Å². The maximum absolute atomic E-state index is 5.74. The number of para-hydroxylation sites is 1. The van der Waals surface area contributed by atoms with Crippen LogP contribution in [0.3, 0.4) is 0 Å². The van der Waals surface area contributed by atoms with E-state index in [2.05, 4.69) is 25.9 Å². The first-order chi connectivity index (χ1) is 6.18. The van der Waals surface area contributed by atoms with E-state index in [1.54, 1.807) is 0 Å². The molecule has 0 fully saturated rings. The van der Waals surface area contributed by atoms with Gasteiger partial charge in [0.1, 0.15) is 4.60 Å². The van der Waals surface area contributed by atoms with E-state index >= 15 is 0 Å². The normalized spacial score (nSPS) is 10.7. The van der Waals surface area contributed by atoms with Gasteiger partial charge in [-0.25, -0.2) is 9.97 Å². The van der Waals surface area contributed by atoms with Crippen LogP contribution in [0.1, 0.15) is 5.56 Å². The van der Waals surface area contributed by atoms with Gasteiger partial charge < -0.3 is 0 Å². The second kappa shape index (κ2) is 3.24. The summed E-state index contributed by atoms with van der Waals surface area (Å²) in [6.45, 7) is 2.00. The second-order valence-corrected chi connectivity index (χ2v) is 3.84. The van der Waals surface area contributed by atoms with Gasteiger partial charge in [-0.1, -0.05) is 18.2 Å². The molecule has 0 unspecified atom stereocenters. The van der Waals surface area contributed by atoms with Crippen molar-refractivity contribution in [3.05, 3.63) is 33.6 Å². The van der Waals surface area contributed by atoms with Crippen LogP contribution in [-0.4, -0.2) is 9.97 Å². The monoisotopic (exact) mass is 256 g/mol. The van der Waals surface area contributed by atoms with Gasteiger partial charge in [0, 0.05) is 5.39 Å². The third kappa shape index (κ3) is 1.54. The molecule has 0 atom stereocenters. The molecular weight excluding hydrogens is 251 g/mol. The van der Waals surface area contributed by atoms with Crippen molar-refractivity contribution in [1.29, 1.82) is 0 Å². The number of hydrogen-bond acceptors (Lipinski definition) is 2. The first-order valence-corrected chi connectivity index (χ1v) is 4.94. The van der Waals surface area contributed by atoms with Crippen LogP contribution >= 0.6 is 27.5 Å². The Morgan fingerprint density at radius 1 is 1.31 bits per heavy atom. The van der Waals surface area contributed by atoms with E-state index in [4.69, 9.17) is 11.6 Å². The summed E-state index contributed by atoms with van der Waals surface area (Å²) in [4.78, 5) is 8.17. The average Bonchev–Trinajstić information content (AvgIpc) is 2.07. The standard InChI is InChI=1S/C9H6BrClN2/c1-5-3-2-4-6-7(5)12-9(11)13-8(6)10/h2-4H,1H3. The van der Waals surface area contributed by atoms with Crippen molar-refractivity contribution in [2.24, 2.45) is 0 Å². The topological polar surface area (TPSA) is 25.8 Å². The Hall–Kier alpha value is -0.670. The minimum Gasteiger partial charge on any atom is -0.218 e. The van der Waals surface area contributed by atoms with E-state index in [1.165, 1.54) is 0 Å². The lowest BCUT2D eigenvalue weighted by molar-refractivity contribution is 1.18. The van der Waals surface area contributed by atoms with Crippen molar-refractivity contribution in [1.82, 2.24) is 9.97 Å². The molecule has 0 spiro atoms. The number of rotatable bonds is 0. The Morgan fingerprint density at radius 2 is 2.08 bits per heavy atom. The Balaban J connectivity index is 2.94. The van der Waals surface area contributed by atoms with Crippen LogP contribution in [0.4, 0.5) is 0 Å². The molecule has 66 valence electrons. The molecule has 0 bridgehead atoms. The van der Waals surface area contributed by atoms with Gasteiger partial charge in [-0.05, 0) is 40.0 Å². The van der Waals surface area contributed by atoms with Crippen molar-refractivity contribution in [2.75, 3.05) is 0 Å². The largest absolute Gasteiger partial charge is 0.224 e. The summed E-state index contributed by atoms with van der Waals surface area (Å²) in [6, 6.07) is 5.93.